The highest BCUT2D eigenvalue weighted by Crippen LogP contribution is 2.33. The minimum absolute atomic E-state index is 0. The molecule has 1 aromatic rings. The smallest absolute Gasteiger partial charge is 0.157 e. The van der Waals surface area contributed by atoms with Gasteiger partial charge < -0.3 is 15.3 Å². The van der Waals surface area contributed by atoms with E-state index in [2.05, 4.69) is 10.2 Å². The molecule has 0 aromatic heterocycles. The summed E-state index contributed by atoms with van der Waals surface area (Å²) in [4.78, 5) is 2.14. The summed E-state index contributed by atoms with van der Waals surface area (Å²) in [6, 6.07) is 5.45. The zero-order valence-electron chi connectivity index (χ0n) is 8.24. The van der Waals surface area contributed by atoms with E-state index in [-0.39, 0.29) is 18.2 Å². The van der Waals surface area contributed by atoms with E-state index >= 15 is 0 Å². The molecule has 1 saturated heterocycles. The Morgan fingerprint density at radius 3 is 2.60 bits per heavy atom. The van der Waals surface area contributed by atoms with Crippen molar-refractivity contribution in [3.63, 3.8) is 0 Å². The Morgan fingerprint density at radius 2 is 1.93 bits per heavy atom. The first kappa shape index (κ1) is 12.4. The molecule has 0 spiro atoms. The molecule has 0 saturated carbocycles. The molecule has 3 nitrogen and oxygen atoms in total. The van der Waals surface area contributed by atoms with Gasteiger partial charge in [0.15, 0.2) is 5.75 Å². The van der Waals surface area contributed by atoms with E-state index in [1.807, 2.05) is 12.1 Å². The van der Waals surface area contributed by atoms with Crippen LogP contribution in [-0.4, -0.2) is 31.3 Å². The van der Waals surface area contributed by atoms with Gasteiger partial charge in [-0.25, -0.2) is 0 Å². The third-order valence-electron chi connectivity index (χ3n) is 2.42. The summed E-state index contributed by atoms with van der Waals surface area (Å²) in [5.41, 5.74) is 0.832. The summed E-state index contributed by atoms with van der Waals surface area (Å²) in [5.74, 6) is 0.191. The van der Waals surface area contributed by atoms with Crippen LogP contribution in [0, 0.1) is 0 Å². The van der Waals surface area contributed by atoms with Gasteiger partial charge in [0.1, 0.15) is 0 Å². The van der Waals surface area contributed by atoms with Crippen LogP contribution in [-0.2, 0) is 0 Å². The highest BCUT2D eigenvalue weighted by atomic mass is 35.5. The fourth-order valence-electron chi connectivity index (χ4n) is 1.66. The number of anilines is 1. The predicted molar refractivity (Wildman–Crippen MR) is 65.4 cm³/mol. The van der Waals surface area contributed by atoms with E-state index in [1.165, 1.54) is 0 Å². The Kier molecular flexibility index (Phi) is 4.51. The number of piperazine rings is 1. The Bertz CT molecular complexity index is 327. The highest BCUT2D eigenvalue weighted by molar-refractivity contribution is 6.32. The molecule has 0 aliphatic carbocycles. The maximum atomic E-state index is 9.76. The summed E-state index contributed by atoms with van der Waals surface area (Å²) >= 11 is 5.84. The van der Waals surface area contributed by atoms with Crippen molar-refractivity contribution in [1.29, 1.82) is 0 Å². The second kappa shape index (κ2) is 5.45. The molecule has 1 aliphatic rings. The van der Waals surface area contributed by atoms with Crippen LogP contribution in [0.25, 0.3) is 0 Å². The van der Waals surface area contributed by atoms with E-state index < -0.39 is 0 Å². The average Bonchev–Trinajstić information content (AvgIpc) is 2.23. The van der Waals surface area contributed by atoms with Gasteiger partial charge in [-0.15, -0.1) is 12.4 Å². The quantitative estimate of drug-likeness (QED) is 0.797. The molecule has 0 radical (unpaired) electrons. The first-order valence-electron chi connectivity index (χ1n) is 4.72. The molecule has 0 bridgehead atoms. The van der Waals surface area contributed by atoms with Crippen molar-refractivity contribution in [2.45, 2.75) is 0 Å². The van der Waals surface area contributed by atoms with Crippen LogP contribution in [0.3, 0.4) is 0 Å². The fraction of sp³-hybridized carbons (Fsp3) is 0.400. The largest absolute Gasteiger partial charge is 0.504 e. The number of phenols is 1. The van der Waals surface area contributed by atoms with Crippen LogP contribution in [0.4, 0.5) is 5.69 Å². The standard InChI is InChI=1S/C10H13ClN2O.ClH/c11-8-2-1-3-9(10(8)14)13-6-4-12-5-7-13;/h1-3,12,14H,4-7H2;1H. The third-order valence-corrected chi connectivity index (χ3v) is 2.73. The molecule has 0 unspecified atom stereocenters. The fourth-order valence-corrected chi connectivity index (χ4v) is 1.83. The second-order valence-corrected chi connectivity index (χ2v) is 3.75. The highest BCUT2D eigenvalue weighted by Gasteiger charge is 2.14. The van der Waals surface area contributed by atoms with Crippen molar-refractivity contribution in [2.75, 3.05) is 31.1 Å². The van der Waals surface area contributed by atoms with Gasteiger partial charge in [-0.05, 0) is 12.1 Å². The number of aromatic hydroxyl groups is 1. The van der Waals surface area contributed by atoms with E-state index in [0.717, 1.165) is 31.9 Å². The monoisotopic (exact) mass is 248 g/mol. The molecule has 1 fully saturated rings. The molecular formula is C10H14Cl2N2O. The van der Waals surface area contributed by atoms with Crippen LogP contribution in [0.1, 0.15) is 0 Å². The lowest BCUT2D eigenvalue weighted by Crippen LogP contribution is -2.43. The second-order valence-electron chi connectivity index (χ2n) is 3.34. The molecule has 15 heavy (non-hydrogen) atoms. The summed E-state index contributed by atoms with van der Waals surface area (Å²) in [5, 5.41) is 13.4. The Morgan fingerprint density at radius 1 is 1.27 bits per heavy atom. The molecule has 2 N–H and O–H groups in total. The van der Waals surface area contributed by atoms with Gasteiger partial charge in [-0.3, -0.25) is 0 Å². The molecule has 1 aromatic carbocycles. The van der Waals surface area contributed by atoms with Crippen LogP contribution in [0.15, 0.2) is 18.2 Å². The zero-order valence-corrected chi connectivity index (χ0v) is 9.81. The molecule has 5 heteroatoms. The van der Waals surface area contributed by atoms with Crippen LogP contribution in [0.2, 0.25) is 5.02 Å². The number of rotatable bonds is 1. The van der Waals surface area contributed by atoms with E-state index in [4.69, 9.17) is 11.6 Å². The number of halogens is 2. The summed E-state index contributed by atoms with van der Waals surface area (Å²) in [7, 11) is 0. The van der Waals surface area contributed by atoms with Crippen molar-refractivity contribution in [1.82, 2.24) is 5.32 Å². The molecule has 0 atom stereocenters. The lowest BCUT2D eigenvalue weighted by Gasteiger charge is -2.30. The first-order chi connectivity index (χ1) is 6.79. The van der Waals surface area contributed by atoms with E-state index in [1.54, 1.807) is 6.07 Å². The van der Waals surface area contributed by atoms with Crippen LogP contribution < -0.4 is 10.2 Å². The van der Waals surface area contributed by atoms with Gasteiger partial charge in [-0.1, -0.05) is 17.7 Å². The topological polar surface area (TPSA) is 35.5 Å². The van der Waals surface area contributed by atoms with Gasteiger partial charge in [0.2, 0.25) is 0 Å². The van der Waals surface area contributed by atoms with E-state index in [9.17, 15) is 5.11 Å². The van der Waals surface area contributed by atoms with Crippen molar-refractivity contribution in [2.24, 2.45) is 0 Å². The Hall–Kier alpha value is -0.640. The molecule has 1 aliphatic heterocycles. The van der Waals surface area contributed by atoms with Crippen molar-refractivity contribution < 1.29 is 5.11 Å². The van der Waals surface area contributed by atoms with Crippen LogP contribution in [0.5, 0.6) is 5.75 Å². The lowest BCUT2D eigenvalue weighted by atomic mass is 10.2. The van der Waals surface area contributed by atoms with Crippen molar-refractivity contribution in [3.05, 3.63) is 23.2 Å². The maximum Gasteiger partial charge on any atom is 0.157 e. The predicted octanol–water partition coefficient (Wildman–Crippen LogP) is 1.88. The molecule has 2 rings (SSSR count). The number of nitrogens with zero attached hydrogens (tertiary/aromatic N) is 1. The number of hydrogen-bond acceptors (Lipinski definition) is 3. The number of para-hydroxylation sites is 1. The molecule has 0 amide bonds. The Balaban J connectivity index is 0.00000112. The third kappa shape index (κ3) is 2.68. The molecule has 84 valence electrons. The summed E-state index contributed by atoms with van der Waals surface area (Å²) < 4.78 is 0. The van der Waals surface area contributed by atoms with Crippen molar-refractivity contribution >= 4 is 29.7 Å². The number of hydrogen-bond donors (Lipinski definition) is 2. The summed E-state index contributed by atoms with van der Waals surface area (Å²) in [6.07, 6.45) is 0. The number of phenolic OH excluding ortho intramolecular Hbond substituents is 1. The van der Waals surface area contributed by atoms with Gasteiger partial charge in [0.05, 0.1) is 10.7 Å². The number of nitrogens with one attached hydrogen (secondary N) is 1. The van der Waals surface area contributed by atoms with Gasteiger partial charge in [-0.2, -0.15) is 0 Å². The van der Waals surface area contributed by atoms with Gasteiger partial charge in [0, 0.05) is 26.2 Å². The zero-order chi connectivity index (χ0) is 9.97. The normalized spacial score (nSPS) is 15.9. The first-order valence-corrected chi connectivity index (χ1v) is 5.10. The maximum absolute atomic E-state index is 9.76. The van der Waals surface area contributed by atoms with E-state index in [0.29, 0.717) is 5.02 Å². The average molecular weight is 249 g/mol. The minimum Gasteiger partial charge on any atom is -0.504 e. The minimum atomic E-state index is 0. The number of benzene rings is 1. The lowest BCUT2D eigenvalue weighted by molar-refractivity contribution is 0.471. The molecular weight excluding hydrogens is 235 g/mol. The Labute approximate surface area is 100 Å². The van der Waals surface area contributed by atoms with Gasteiger partial charge >= 0.3 is 0 Å². The van der Waals surface area contributed by atoms with Crippen LogP contribution >= 0.6 is 24.0 Å². The molecule has 1 heterocycles. The SMILES string of the molecule is Cl.Oc1c(Cl)cccc1N1CCNCC1. The van der Waals surface area contributed by atoms with Gasteiger partial charge in [0.25, 0.3) is 0 Å². The van der Waals surface area contributed by atoms with Crippen molar-refractivity contribution in [3.8, 4) is 5.75 Å². The summed E-state index contributed by atoms with van der Waals surface area (Å²) in [6.45, 7) is 3.72.